The molecular weight excluding hydrogens is 208 g/mol. The predicted octanol–water partition coefficient (Wildman–Crippen LogP) is 0.968. The first kappa shape index (κ1) is 10.5. The number of aliphatic carboxylic acids is 1. The minimum Gasteiger partial charge on any atom is -0.477 e. The van der Waals surface area contributed by atoms with Crippen LogP contribution in [0.15, 0.2) is 0 Å². The van der Waals surface area contributed by atoms with Crippen molar-refractivity contribution >= 4 is 5.97 Å². The lowest BCUT2D eigenvalue weighted by molar-refractivity contribution is -0.281. The van der Waals surface area contributed by atoms with E-state index in [9.17, 15) is 15.0 Å². The van der Waals surface area contributed by atoms with Crippen LogP contribution in [0, 0.1) is 23.2 Å². The summed E-state index contributed by atoms with van der Waals surface area (Å²) in [6.45, 7) is 0. The van der Waals surface area contributed by atoms with Crippen molar-refractivity contribution in [2.45, 2.75) is 44.3 Å². The summed E-state index contributed by atoms with van der Waals surface area (Å²) in [4.78, 5) is 11.0. The summed E-state index contributed by atoms with van der Waals surface area (Å²) in [5, 5.41) is 28.8. The second-order valence-corrected chi connectivity index (χ2v) is 6.18. The number of hydrogen-bond acceptors (Lipinski definition) is 3. The van der Waals surface area contributed by atoms with Crippen LogP contribution in [-0.4, -0.2) is 27.1 Å². The van der Waals surface area contributed by atoms with Gasteiger partial charge in [-0.3, -0.25) is 0 Å². The first-order chi connectivity index (χ1) is 7.43. The van der Waals surface area contributed by atoms with E-state index < -0.39 is 17.2 Å². The van der Waals surface area contributed by atoms with Gasteiger partial charge in [0.15, 0.2) is 0 Å². The zero-order valence-corrected chi connectivity index (χ0v) is 9.22. The Morgan fingerprint density at radius 1 is 1.00 bits per heavy atom. The Kier molecular flexibility index (Phi) is 1.97. The van der Waals surface area contributed by atoms with Gasteiger partial charge >= 0.3 is 5.97 Å². The summed E-state index contributed by atoms with van der Waals surface area (Å²) in [5.41, 5.74) is -0.770. The summed E-state index contributed by atoms with van der Waals surface area (Å²) < 4.78 is 0. The van der Waals surface area contributed by atoms with Gasteiger partial charge in [-0.05, 0) is 56.3 Å². The number of carboxylic acids is 1. The normalized spacial score (nSPS) is 46.0. The standard InChI is InChI=1S/C12H18O4/c13-10(14)12(15,16)11-4-7-1-8(5-11)3-9(2-7)6-11/h7-9,15-16H,1-6H2,(H,13,14). The van der Waals surface area contributed by atoms with Crippen molar-refractivity contribution in [1.29, 1.82) is 0 Å². The summed E-state index contributed by atoms with van der Waals surface area (Å²) in [7, 11) is 0. The number of rotatable bonds is 2. The molecule has 0 amide bonds. The molecule has 0 saturated heterocycles. The molecule has 0 aliphatic heterocycles. The van der Waals surface area contributed by atoms with Gasteiger partial charge in [-0.1, -0.05) is 0 Å². The molecule has 0 spiro atoms. The largest absolute Gasteiger partial charge is 0.477 e. The van der Waals surface area contributed by atoms with Crippen molar-refractivity contribution in [3.63, 3.8) is 0 Å². The molecule has 4 nitrogen and oxygen atoms in total. The molecule has 0 unspecified atom stereocenters. The minimum absolute atomic E-state index is 0.518. The van der Waals surface area contributed by atoms with E-state index in [1.54, 1.807) is 0 Å². The Labute approximate surface area is 94.3 Å². The van der Waals surface area contributed by atoms with Crippen LogP contribution < -0.4 is 0 Å². The quantitative estimate of drug-likeness (QED) is 0.613. The van der Waals surface area contributed by atoms with Gasteiger partial charge < -0.3 is 15.3 Å². The highest BCUT2D eigenvalue weighted by molar-refractivity contribution is 5.76. The molecule has 0 aromatic carbocycles. The van der Waals surface area contributed by atoms with Gasteiger partial charge in [0.2, 0.25) is 0 Å². The predicted molar refractivity (Wildman–Crippen MR) is 55.4 cm³/mol. The SMILES string of the molecule is O=C(O)C(O)(O)C12CC3CC(CC(C3)C1)C2. The van der Waals surface area contributed by atoms with Crippen LogP contribution in [0.1, 0.15) is 38.5 Å². The molecule has 4 heteroatoms. The minimum atomic E-state index is -2.52. The molecule has 16 heavy (non-hydrogen) atoms. The lowest BCUT2D eigenvalue weighted by Gasteiger charge is -2.59. The molecular formula is C12H18O4. The van der Waals surface area contributed by atoms with Gasteiger partial charge in [0.1, 0.15) is 0 Å². The third-order valence-corrected chi connectivity index (χ3v) is 5.08. The average Bonchev–Trinajstić information content (AvgIpc) is 2.14. The van der Waals surface area contributed by atoms with Crippen molar-refractivity contribution in [3.05, 3.63) is 0 Å². The van der Waals surface area contributed by atoms with Gasteiger partial charge in [-0.2, -0.15) is 0 Å². The molecule has 0 atom stereocenters. The monoisotopic (exact) mass is 226 g/mol. The van der Waals surface area contributed by atoms with Gasteiger partial charge in [-0.15, -0.1) is 0 Å². The number of hydrogen-bond donors (Lipinski definition) is 3. The van der Waals surface area contributed by atoms with E-state index in [-0.39, 0.29) is 0 Å². The smallest absolute Gasteiger partial charge is 0.364 e. The van der Waals surface area contributed by atoms with Gasteiger partial charge in [0.25, 0.3) is 5.79 Å². The number of carboxylic acid groups (broad SMARTS) is 1. The average molecular weight is 226 g/mol. The summed E-state index contributed by atoms with van der Waals surface area (Å²) >= 11 is 0. The van der Waals surface area contributed by atoms with Gasteiger partial charge in [0, 0.05) is 5.41 Å². The maximum atomic E-state index is 11.0. The molecule has 4 bridgehead atoms. The summed E-state index contributed by atoms with van der Waals surface area (Å²) in [6, 6.07) is 0. The highest BCUT2D eigenvalue weighted by Gasteiger charge is 2.63. The van der Waals surface area contributed by atoms with E-state index in [1.807, 2.05) is 0 Å². The molecule has 4 aliphatic rings. The van der Waals surface area contributed by atoms with Crippen LogP contribution in [0.5, 0.6) is 0 Å². The fourth-order valence-electron chi connectivity index (χ4n) is 4.76. The molecule has 0 aromatic rings. The van der Waals surface area contributed by atoms with Crippen LogP contribution in [0.2, 0.25) is 0 Å². The zero-order valence-electron chi connectivity index (χ0n) is 9.22. The van der Waals surface area contributed by atoms with Crippen molar-refractivity contribution in [3.8, 4) is 0 Å². The van der Waals surface area contributed by atoms with E-state index in [0.29, 0.717) is 37.0 Å². The topological polar surface area (TPSA) is 77.8 Å². The third-order valence-electron chi connectivity index (χ3n) is 5.08. The molecule has 4 aliphatic carbocycles. The summed E-state index contributed by atoms with van der Waals surface area (Å²) in [6.07, 6.45) is 5.52. The highest BCUT2D eigenvalue weighted by Crippen LogP contribution is 2.63. The maximum Gasteiger partial charge on any atom is 0.364 e. The van der Waals surface area contributed by atoms with Gasteiger partial charge in [0.05, 0.1) is 0 Å². The summed E-state index contributed by atoms with van der Waals surface area (Å²) in [5.74, 6) is -2.45. The van der Waals surface area contributed by atoms with E-state index in [0.717, 1.165) is 19.3 Å². The number of carbonyl (C=O) groups is 1. The van der Waals surface area contributed by atoms with Crippen LogP contribution in [-0.2, 0) is 4.79 Å². The Hall–Kier alpha value is -0.610. The molecule has 4 fully saturated rings. The Balaban J connectivity index is 1.97. The lowest BCUT2D eigenvalue weighted by Crippen LogP contribution is -2.61. The molecule has 0 aromatic heterocycles. The molecule has 4 rings (SSSR count). The first-order valence-corrected chi connectivity index (χ1v) is 6.11. The lowest BCUT2D eigenvalue weighted by atomic mass is 9.47. The number of aliphatic hydroxyl groups is 2. The van der Waals surface area contributed by atoms with Crippen molar-refractivity contribution < 1.29 is 20.1 Å². The highest BCUT2D eigenvalue weighted by atomic mass is 16.5. The van der Waals surface area contributed by atoms with Crippen LogP contribution in [0.3, 0.4) is 0 Å². The van der Waals surface area contributed by atoms with Crippen molar-refractivity contribution in [2.24, 2.45) is 23.2 Å². The second-order valence-electron chi connectivity index (χ2n) is 6.18. The molecule has 3 N–H and O–H groups in total. The molecule has 0 heterocycles. The van der Waals surface area contributed by atoms with Crippen molar-refractivity contribution in [1.82, 2.24) is 0 Å². The zero-order chi connectivity index (χ0) is 11.6. The van der Waals surface area contributed by atoms with Gasteiger partial charge in [-0.25, -0.2) is 4.79 Å². The van der Waals surface area contributed by atoms with E-state index in [4.69, 9.17) is 5.11 Å². The van der Waals surface area contributed by atoms with E-state index in [2.05, 4.69) is 0 Å². The molecule has 90 valence electrons. The second kappa shape index (κ2) is 2.99. The van der Waals surface area contributed by atoms with E-state index in [1.165, 1.54) is 0 Å². The van der Waals surface area contributed by atoms with Crippen LogP contribution in [0.4, 0.5) is 0 Å². The van der Waals surface area contributed by atoms with Crippen LogP contribution >= 0.6 is 0 Å². The first-order valence-electron chi connectivity index (χ1n) is 6.11. The fraction of sp³-hybridized carbons (Fsp3) is 0.917. The Morgan fingerprint density at radius 2 is 1.38 bits per heavy atom. The molecule has 0 radical (unpaired) electrons. The van der Waals surface area contributed by atoms with Crippen LogP contribution in [0.25, 0.3) is 0 Å². The third kappa shape index (κ3) is 1.20. The maximum absolute atomic E-state index is 11.0. The Bertz CT molecular complexity index is 299. The fourth-order valence-corrected chi connectivity index (χ4v) is 4.76. The van der Waals surface area contributed by atoms with E-state index >= 15 is 0 Å². The Morgan fingerprint density at radius 3 is 1.69 bits per heavy atom. The van der Waals surface area contributed by atoms with Crippen molar-refractivity contribution in [2.75, 3.05) is 0 Å². The molecule has 4 saturated carbocycles.